The van der Waals surface area contributed by atoms with E-state index in [9.17, 15) is 0 Å². The Bertz CT molecular complexity index is 485. The van der Waals surface area contributed by atoms with E-state index >= 15 is 0 Å². The zero-order valence-corrected chi connectivity index (χ0v) is 10.8. The van der Waals surface area contributed by atoms with Crippen molar-refractivity contribution in [1.29, 1.82) is 0 Å². The fourth-order valence-electron chi connectivity index (χ4n) is 1.71. The lowest BCUT2D eigenvalue weighted by Gasteiger charge is -2.09. The van der Waals surface area contributed by atoms with Crippen LogP contribution >= 0.6 is 0 Å². The third-order valence-corrected chi connectivity index (χ3v) is 2.82. The van der Waals surface area contributed by atoms with E-state index in [1.807, 2.05) is 42.5 Å². The molecular formula is C15H19N3O. The molecule has 0 saturated heterocycles. The van der Waals surface area contributed by atoms with Crippen LogP contribution in [0.3, 0.4) is 0 Å². The molecule has 2 aromatic rings. The summed E-state index contributed by atoms with van der Waals surface area (Å²) in [6, 6.07) is 13.8. The number of hydrogen-bond acceptors (Lipinski definition) is 4. The summed E-state index contributed by atoms with van der Waals surface area (Å²) < 4.78 is 5.66. The van der Waals surface area contributed by atoms with Crippen molar-refractivity contribution in [1.82, 2.24) is 4.98 Å². The van der Waals surface area contributed by atoms with Crippen molar-refractivity contribution in [2.45, 2.75) is 19.1 Å². The predicted octanol–water partition coefficient (Wildman–Crippen LogP) is 1.49. The van der Waals surface area contributed by atoms with Crippen molar-refractivity contribution in [3.8, 4) is 5.75 Å². The molecule has 2 rings (SSSR count). The van der Waals surface area contributed by atoms with Gasteiger partial charge in [-0.15, -0.1) is 0 Å². The quantitative estimate of drug-likeness (QED) is 0.822. The van der Waals surface area contributed by atoms with Crippen LogP contribution in [-0.4, -0.2) is 17.6 Å². The number of aromatic nitrogens is 1. The molecule has 4 nitrogen and oxygen atoms in total. The van der Waals surface area contributed by atoms with Gasteiger partial charge in [0.25, 0.3) is 0 Å². The highest BCUT2D eigenvalue weighted by atomic mass is 16.5. The first-order chi connectivity index (χ1) is 9.28. The molecule has 19 heavy (non-hydrogen) atoms. The van der Waals surface area contributed by atoms with Crippen LogP contribution in [0.4, 0.5) is 0 Å². The first kappa shape index (κ1) is 13.5. The second-order valence-electron chi connectivity index (χ2n) is 4.46. The molecule has 1 heterocycles. The van der Waals surface area contributed by atoms with Crippen LogP contribution in [0, 0.1) is 0 Å². The Morgan fingerprint density at radius 2 is 1.89 bits per heavy atom. The molecular weight excluding hydrogens is 238 g/mol. The average Bonchev–Trinajstić information content (AvgIpc) is 2.47. The molecule has 1 aromatic carbocycles. The second kappa shape index (κ2) is 6.87. The van der Waals surface area contributed by atoms with Crippen molar-refractivity contribution in [2.75, 3.05) is 6.54 Å². The van der Waals surface area contributed by atoms with Gasteiger partial charge in [-0.3, -0.25) is 4.98 Å². The molecule has 0 spiro atoms. The Morgan fingerprint density at radius 1 is 1.11 bits per heavy atom. The van der Waals surface area contributed by atoms with Crippen molar-refractivity contribution < 1.29 is 4.74 Å². The van der Waals surface area contributed by atoms with E-state index in [4.69, 9.17) is 16.2 Å². The SMILES string of the molecule is NCC(N)Cc1ccc(OCc2ccccc2)cn1. The molecule has 0 amide bonds. The number of benzene rings is 1. The minimum atomic E-state index is -0.0383. The van der Waals surface area contributed by atoms with Crippen LogP contribution in [0.15, 0.2) is 48.7 Å². The molecule has 100 valence electrons. The summed E-state index contributed by atoms with van der Waals surface area (Å²) in [6.45, 7) is 1.01. The minimum Gasteiger partial charge on any atom is -0.487 e. The maximum Gasteiger partial charge on any atom is 0.138 e. The molecule has 1 unspecified atom stereocenters. The zero-order valence-electron chi connectivity index (χ0n) is 10.8. The topological polar surface area (TPSA) is 74.2 Å². The Balaban J connectivity index is 1.88. The lowest BCUT2D eigenvalue weighted by molar-refractivity contribution is 0.305. The normalized spacial score (nSPS) is 12.1. The van der Waals surface area contributed by atoms with Gasteiger partial charge in [-0.25, -0.2) is 0 Å². The van der Waals surface area contributed by atoms with E-state index in [1.165, 1.54) is 0 Å². The van der Waals surface area contributed by atoms with Crippen molar-refractivity contribution in [3.05, 3.63) is 59.9 Å². The van der Waals surface area contributed by atoms with Gasteiger partial charge in [0, 0.05) is 24.7 Å². The maximum absolute atomic E-state index is 5.78. The third kappa shape index (κ3) is 4.35. The van der Waals surface area contributed by atoms with Crippen LogP contribution in [0.1, 0.15) is 11.3 Å². The number of rotatable bonds is 6. The largest absolute Gasteiger partial charge is 0.487 e. The first-order valence-corrected chi connectivity index (χ1v) is 6.35. The molecule has 1 atom stereocenters. The van der Waals surface area contributed by atoms with Gasteiger partial charge in [-0.1, -0.05) is 30.3 Å². The fourth-order valence-corrected chi connectivity index (χ4v) is 1.71. The maximum atomic E-state index is 5.78. The molecule has 4 heteroatoms. The molecule has 0 saturated carbocycles. The van der Waals surface area contributed by atoms with Crippen molar-refractivity contribution in [2.24, 2.45) is 11.5 Å². The second-order valence-corrected chi connectivity index (χ2v) is 4.46. The first-order valence-electron chi connectivity index (χ1n) is 6.35. The van der Waals surface area contributed by atoms with Gasteiger partial charge in [-0.2, -0.15) is 0 Å². The van der Waals surface area contributed by atoms with Gasteiger partial charge >= 0.3 is 0 Å². The van der Waals surface area contributed by atoms with Crippen LogP contribution < -0.4 is 16.2 Å². The van der Waals surface area contributed by atoms with E-state index in [1.54, 1.807) is 6.20 Å². The standard InChI is InChI=1S/C15H19N3O/c16-9-13(17)8-14-6-7-15(10-18-14)19-11-12-4-2-1-3-5-12/h1-7,10,13H,8-9,11,16-17H2. The highest BCUT2D eigenvalue weighted by molar-refractivity contribution is 5.21. The molecule has 1 aromatic heterocycles. The van der Waals surface area contributed by atoms with Gasteiger partial charge in [-0.05, 0) is 17.7 Å². The molecule has 0 aliphatic heterocycles. The smallest absolute Gasteiger partial charge is 0.138 e. The highest BCUT2D eigenvalue weighted by Gasteiger charge is 2.03. The minimum absolute atomic E-state index is 0.0383. The van der Waals surface area contributed by atoms with E-state index < -0.39 is 0 Å². The van der Waals surface area contributed by atoms with Gasteiger partial charge in [0.05, 0.1) is 6.20 Å². The van der Waals surface area contributed by atoms with Crippen LogP contribution in [-0.2, 0) is 13.0 Å². The Kier molecular flexibility index (Phi) is 4.89. The number of nitrogens with two attached hydrogens (primary N) is 2. The highest BCUT2D eigenvalue weighted by Crippen LogP contribution is 2.12. The number of pyridine rings is 1. The summed E-state index contributed by atoms with van der Waals surface area (Å²) in [7, 11) is 0. The van der Waals surface area contributed by atoms with Gasteiger partial charge in [0.15, 0.2) is 0 Å². The van der Waals surface area contributed by atoms with Crippen LogP contribution in [0.25, 0.3) is 0 Å². The van der Waals surface area contributed by atoms with Crippen LogP contribution in [0.5, 0.6) is 5.75 Å². The fraction of sp³-hybridized carbons (Fsp3) is 0.267. The third-order valence-electron chi connectivity index (χ3n) is 2.82. The Morgan fingerprint density at radius 3 is 2.53 bits per heavy atom. The zero-order chi connectivity index (χ0) is 13.5. The monoisotopic (exact) mass is 257 g/mol. The summed E-state index contributed by atoms with van der Waals surface area (Å²) in [5.41, 5.74) is 13.3. The number of ether oxygens (including phenoxy) is 1. The van der Waals surface area contributed by atoms with E-state index in [2.05, 4.69) is 4.98 Å². The molecule has 4 N–H and O–H groups in total. The lowest BCUT2D eigenvalue weighted by Crippen LogP contribution is -2.31. The summed E-state index contributed by atoms with van der Waals surface area (Å²) in [6.07, 6.45) is 2.41. The Hall–Kier alpha value is -1.91. The summed E-state index contributed by atoms with van der Waals surface area (Å²) in [5, 5.41) is 0. The van der Waals surface area contributed by atoms with Gasteiger partial charge < -0.3 is 16.2 Å². The number of nitrogens with zero attached hydrogens (tertiary/aromatic N) is 1. The summed E-state index contributed by atoms with van der Waals surface area (Å²) >= 11 is 0. The van der Waals surface area contributed by atoms with Crippen molar-refractivity contribution >= 4 is 0 Å². The average molecular weight is 257 g/mol. The predicted molar refractivity (Wildman–Crippen MR) is 75.7 cm³/mol. The van der Waals surface area contributed by atoms with Gasteiger partial charge in [0.2, 0.25) is 0 Å². The molecule has 0 radical (unpaired) electrons. The molecule has 0 aliphatic rings. The molecule has 0 bridgehead atoms. The van der Waals surface area contributed by atoms with Gasteiger partial charge in [0.1, 0.15) is 12.4 Å². The van der Waals surface area contributed by atoms with E-state index in [0.29, 0.717) is 19.6 Å². The van der Waals surface area contributed by atoms with E-state index in [-0.39, 0.29) is 6.04 Å². The molecule has 0 fully saturated rings. The summed E-state index contributed by atoms with van der Waals surface area (Å²) in [5.74, 6) is 0.758. The number of hydrogen-bond donors (Lipinski definition) is 2. The van der Waals surface area contributed by atoms with E-state index in [0.717, 1.165) is 17.0 Å². The summed E-state index contributed by atoms with van der Waals surface area (Å²) in [4.78, 5) is 4.32. The van der Waals surface area contributed by atoms with Crippen LogP contribution in [0.2, 0.25) is 0 Å². The Labute approximate surface area is 113 Å². The molecule has 0 aliphatic carbocycles. The van der Waals surface area contributed by atoms with Crippen molar-refractivity contribution in [3.63, 3.8) is 0 Å². The lowest BCUT2D eigenvalue weighted by atomic mass is 10.1.